The first-order chi connectivity index (χ1) is 8.58. The molecular formula is C16H28N2. The van der Waals surface area contributed by atoms with Crippen molar-refractivity contribution in [1.29, 1.82) is 0 Å². The largest absolute Gasteiger partial charge is 0.319 e. The third-order valence-corrected chi connectivity index (χ3v) is 3.83. The second-order valence-corrected chi connectivity index (χ2v) is 5.37. The highest BCUT2D eigenvalue weighted by Gasteiger charge is 2.08. The molecule has 0 aliphatic carbocycles. The van der Waals surface area contributed by atoms with Crippen LogP contribution in [0, 0.1) is 0 Å². The second kappa shape index (κ2) is 7.55. The van der Waals surface area contributed by atoms with Crippen LogP contribution in [0.25, 0.3) is 0 Å². The van der Waals surface area contributed by atoms with Crippen molar-refractivity contribution >= 4 is 0 Å². The fourth-order valence-electron chi connectivity index (χ4n) is 2.13. The Labute approximate surface area is 112 Å². The van der Waals surface area contributed by atoms with Gasteiger partial charge in [0.15, 0.2) is 0 Å². The molecule has 1 rings (SSSR count). The molecule has 0 spiro atoms. The number of rotatable bonds is 7. The molecule has 2 atom stereocenters. The predicted molar refractivity (Wildman–Crippen MR) is 80.0 cm³/mol. The molecule has 102 valence electrons. The minimum absolute atomic E-state index is 0.580. The van der Waals surface area contributed by atoms with E-state index < -0.39 is 0 Å². The van der Waals surface area contributed by atoms with Crippen LogP contribution in [0.1, 0.15) is 44.2 Å². The average molecular weight is 248 g/mol. The molecule has 2 unspecified atom stereocenters. The first-order valence-electron chi connectivity index (χ1n) is 7.02. The Kier molecular flexibility index (Phi) is 6.37. The first-order valence-corrected chi connectivity index (χ1v) is 7.02. The smallest absolute Gasteiger partial charge is 0.0233 e. The molecule has 18 heavy (non-hydrogen) atoms. The number of likely N-dealkylation sites (N-methyl/N-ethyl adjacent to an activating group) is 1. The molecule has 1 aromatic rings. The van der Waals surface area contributed by atoms with Crippen LogP contribution in [-0.4, -0.2) is 31.6 Å². The van der Waals surface area contributed by atoms with Crippen LogP contribution < -0.4 is 5.32 Å². The zero-order chi connectivity index (χ0) is 13.5. The monoisotopic (exact) mass is 248 g/mol. The van der Waals surface area contributed by atoms with Gasteiger partial charge in [-0.2, -0.15) is 0 Å². The summed E-state index contributed by atoms with van der Waals surface area (Å²) in [7, 11) is 4.21. The van der Waals surface area contributed by atoms with Crippen molar-refractivity contribution < 1.29 is 0 Å². The molecule has 2 heteroatoms. The molecule has 0 heterocycles. The van der Waals surface area contributed by atoms with E-state index in [1.54, 1.807) is 0 Å². The molecule has 0 aromatic heterocycles. The molecule has 0 aliphatic heterocycles. The average Bonchev–Trinajstić information content (AvgIpc) is 2.38. The van der Waals surface area contributed by atoms with Gasteiger partial charge < -0.3 is 5.32 Å². The van der Waals surface area contributed by atoms with Crippen molar-refractivity contribution in [2.75, 3.05) is 20.6 Å². The van der Waals surface area contributed by atoms with E-state index in [0.717, 1.165) is 13.1 Å². The summed E-state index contributed by atoms with van der Waals surface area (Å²) < 4.78 is 0. The third kappa shape index (κ3) is 4.43. The van der Waals surface area contributed by atoms with Crippen molar-refractivity contribution in [2.45, 2.75) is 45.7 Å². The fraction of sp³-hybridized carbons (Fsp3) is 0.625. The molecule has 0 bridgehead atoms. The molecule has 0 aliphatic rings. The second-order valence-electron chi connectivity index (χ2n) is 5.37. The van der Waals surface area contributed by atoms with Gasteiger partial charge in [-0.05, 0) is 44.5 Å². The van der Waals surface area contributed by atoms with Crippen molar-refractivity contribution in [2.24, 2.45) is 0 Å². The Morgan fingerprint density at radius 2 is 1.78 bits per heavy atom. The molecule has 2 nitrogen and oxygen atoms in total. The molecule has 0 saturated carbocycles. The topological polar surface area (TPSA) is 15.3 Å². The molecule has 0 fully saturated rings. The Balaban J connectivity index is 2.60. The van der Waals surface area contributed by atoms with E-state index in [2.05, 4.69) is 62.3 Å². The summed E-state index contributed by atoms with van der Waals surface area (Å²) in [5, 5.41) is 3.23. The van der Waals surface area contributed by atoms with Gasteiger partial charge in [-0.3, -0.25) is 4.90 Å². The van der Waals surface area contributed by atoms with Gasteiger partial charge in [0.2, 0.25) is 0 Å². The Morgan fingerprint density at radius 1 is 1.17 bits per heavy atom. The summed E-state index contributed by atoms with van der Waals surface area (Å²) in [5.41, 5.74) is 2.82. The minimum Gasteiger partial charge on any atom is -0.319 e. The SMILES string of the molecule is CCC(C)N(C)Cc1ccc(C(C)CNC)cc1. The number of benzene rings is 1. The summed E-state index contributed by atoms with van der Waals surface area (Å²) in [5.74, 6) is 0.580. The maximum absolute atomic E-state index is 3.23. The van der Waals surface area contributed by atoms with E-state index >= 15 is 0 Å². The van der Waals surface area contributed by atoms with Gasteiger partial charge in [-0.25, -0.2) is 0 Å². The summed E-state index contributed by atoms with van der Waals surface area (Å²) in [6, 6.07) is 9.71. The van der Waals surface area contributed by atoms with Crippen molar-refractivity contribution in [3.05, 3.63) is 35.4 Å². The van der Waals surface area contributed by atoms with Crippen LogP contribution in [0.15, 0.2) is 24.3 Å². The van der Waals surface area contributed by atoms with Crippen LogP contribution in [-0.2, 0) is 6.54 Å². The van der Waals surface area contributed by atoms with E-state index in [0.29, 0.717) is 12.0 Å². The van der Waals surface area contributed by atoms with Crippen LogP contribution in [0.2, 0.25) is 0 Å². The van der Waals surface area contributed by atoms with Gasteiger partial charge in [0.05, 0.1) is 0 Å². The normalized spacial score (nSPS) is 14.8. The maximum Gasteiger partial charge on any atom is 0.0233 e. The lowest BCUT2D eigenvalue weighted by Crippen LogP contribution is -2.27. The quantitative estimate of drug-likeness (QED) is 0.797. The van der Waals surface area contributed by atoms with Crippen LogP contribution in [0.5, 0.6) is 0 Å². The number of hydrogen-bond acceptors (Lipinski definition) is 2. The van der Waals surface area contributed by atoms with Crippen LogP contribution in [0.3, 0.4) is 0 Å². The maximum atomic E-state index is 3.23. The zero-order valence-corrected chi connectivity index (χ0v) is 12.5. The van der Waals surface area contributed by atoms with Gasteiger partial charge >= 0.3 is 0 Å². The van der Waals surface area contributed by atoms with Crippen molar-refractivity contribution in [1.82, 2.24) is 10.2 Å². The van der Waals surface area contributed by atoms with E-state index in [1.165, 1.54) is 17.5 Å². The Hall–Kier alpha value is -0.860. The van der Waals surface area contributed by atoms with Gasteiger partial charge in [0.25, 0.3) is 0 Å². The number of hydrogen-bond donors (Lipinski definition) is 1. The first kappa shape index (κ1) is 15.2. The lowest BCUT2D eigenvalue weighted by atomic mass is 9.99. The van der Waals surface area contributed by atoms with Crippen LogP contribution in [0.4, 0.5) is 0 Å². The van der Waals surface area contributed by atoms with Gasteiger partial charge in [-0.1, -0.05) is 38.1 Å². The van der Waals surface area contributed by atoms with Crippen molar-refractivity contribution in [3.63, 3.8) is 0 Å². The summed E-state index contributed by atoms with van der Waals surface area (Å²) in [6.07, 6.45) is 1.20. The Morgan fingerprint density at radius 3 is 2.28 bits per heavy atom. The molecule has 0 amide bonds. The summed E-state index contributed by atoms with van der Waals surface area (Å²) in [6.45, 7) is 8.85. The lowest BCUT2D eigenvalue weighted by molar-refractivity contribution is 0.244. The minimum atomic E-state index is 0.580. The van der Waals surface area contributed by atoms with E-state index in [4.69, 9.17) is 0 Å². The predicted octanol–water partition coefficient (Wildman–Crippen LogP) is 3.24. The van der Waals surface area contributed by atoms with E-state index in [-0.39, 0.29) is 0 Å². The fourth-order valence-corrected chi connectivity index (χ4v) is 2.13. The number of nitrogens with zero attached hydrogens (tertiary/aromatic N) is 1. The highest BCUT2D eigenvalue weighted by molar-refractivity contribution is 5.25. The van der Waals surface area contributed by atoms with Gasteiger partial charge in [0, 0.05) is 19.1 Å². The number of nitrogens with one attached hydrogen (secondary N) is 1. The highest BCUT2D eigenvalue weighted by Crippen LogP contribution is 2.16. The van der Waals surface area contributed by atoms with Crippen LogP contribution >= 0.6 is 0 Å². The molecular weight excluding hydrogens is 220 g/mol. The Bertz CT molecular complexity index is 331. The molecule has 1 N–H and O–H groups in total. The van der Waals surface area contributed by atoms with E-state index in [9.17, 15) is 0 Å². The van der Waals surface area contributed by atoms with Gasteiger partial charge in [0.1, 0.15) is 0 Å². The standard InChI is InChI=1S/C16H28N2/c1-6-14(3)18(5)12-15-7-9-16(10-8-15)13(2)11-17-4/h7-10,13-14,17H,6,11-12H2,1-5H3. The summed E-state index contributed by atoms with van der Waals surface area (Å²) >= 11 is 0. The lowest BCUT2D eigenvalue weighted by Gasteiger charge is -2.23. The highest BCUT2D eigenvalue weighted by atomic mass is 15.1. The molecule has 0 radical (unpaired) electrons. The van der Waals surface area contributed by atoms with Crippen molar-refractivity contribution in [3.8, 4) is 0 Å². The molecule has 1 aromatic carbocycles. The third-order valence-electron chi connectivity index (χ3n) is 3.83. The summed E-state index contributed by atoms with van der Waals surface area (Å²) in [4.78, 5) is 2.41. The van der Waals surface area contributed by atoms with E-state index in [1.807, 2.05) is 7.05 Å². The molecule has 0 saturated heterocycles. The zero-order valence-electron chi connectivity index (χ0n) is 12.5. The van der Waals surface area contributed by atoms with Gasteiger partial charge in [-0.15, -0.1) is 0 Å².